The van der Waals surface area contributed by atoms with E-state index in [2.05, 4.69) is 24.1 Å². The summed E-state index contributed by atoms with van der Waals surface area (Å²) in [5.41, 5.74) is 11.8. The zero-order valence-electron chi connectivity index (χ0n) is 11.5. The van der Waals surface area contributed by atoms with Crippen LogP contribution in [0, 0.1) is 11.8 Å². The van der Waals surface area contributed by atoms with Gasteiger partial charge in [-0.25, -0.2) is 4.98 Å². The Morgan fingerprint density at radius 3 is 2.53 bits per heavy atom. The second-order valence-corrected chi connectivity index (χ2v) is 5.79. The summed E-state index contributed by atoms with van der Waals surface area (Å²) < 4.78 is 0. The molecule has 104 valence electrons. The first-order valence-electron chi connectivity index (χ1n) is 6.77. The van der Waals surface area contributed by atoms with Crippen molar-refractivity contribution in [2.45, 2.75) is 39.2 Å². The van der Waals surface area contributed by atoms with E-state index in [1.807, 2.05) is 0 Å². The molecule has 2 unspecified atom stereocenters. The number of pyridine rings is 1. The summed E-state index contributed by atoms with van der Waals surface area (Å²) in [6, 6.07) is 1.92. The molecule has 1 aromatic heterocycles. The second kappa shape index (κ2) is 5.47. The monoisotopic (exact) mass is 262 g/mol. The number of nitrogens with zero attached hydrogens (tertiary/aromatic N) is 1. The molecule has 5 heteroatoms. The molecule has 5 nitrogen and oxygen atoms in total. The minimum atomic E-state index is -0.501. The van der Waals surface area contributed by atoms with Crippen molar-refractivity contribution in [3.8, 4) is 0 Å². The van der Waals surface area contributed by atoms with E-state index < -0.39 is 5.91 Å². The average Bonchev–Trinajstić information content (AvgIpc) is 2.30. The van der Waals surface area contributed by atoms with Gasteiger partial charge in [0.1, 0.15) is 5.82 Å². The zero-order chi connectivity index (χ0) is 14.0. The fraction of sp³-hybridized carbons (Fsp3) is 0.571. The molecule has 0 saturated heterocycles. The van der Waals surface area contributed by atoms with Gasteiger partial charge in [-0.05, 0) is 37.2 Å². The Morgan fingerprint density at radius 1 is 1.32 bits per heavy atom. The molecular weight excluding hydrogens is 240 g/mol. The van der Waals surface area contributed by atoms with Crippen molar-refractivity contribution in [3.63, 3.8) is 0 Å². The Morgan fingerprint density at radius 2 is 1.95 bits per heavy atom. The van der Waals surface area contributed by atoms with Gasteiger partial charge >= 0.3 is 0 Å². The van der Waals surface area contributed by atoms with Crippen LogP contribution in [-0.2, 0) is 0 Å². The van der Waals surface area contributed by atoms with Gasteiger partial charge in [0.2, 0.25) is 0 Å². The van der Waals surface area contributed by atoms with E-state index in [0.717, 1.165) is 12.8 Å². The number of hydrogen-bond acceptors (Lipinski definition) is 4. The van der Waals surface area contributed by atoms with Crippen molar-refractivity contribution in [2.75, 3.05) is 11.1 Å². The first-order valence-corrected chi connectivity index (χ1v) is 6.77. The Labute approximate surface area is 113 Å². The number of hydrogen-bond donors (Lipinski definition) is 3. The topological polar surface area (TPSA) is 94.0 Å². The van der Waals surface area contributed by atoms with Gasteiger partial charge in [-0.1, -0.05) is 13.8 Å². The molecule has 1 heterocycles. The van der Waals surface area contributed by atoms with Crippen molar-refractivity contribution in [1.29, 1.82) is 0 Å². The maximum Gasteiger partial charge on any atom is 0.252 e. The van der Waals surface area contributed by atoms with Gasteiger partial charge in [0.05, 0.1) is 17.4 Å². The SMILES string of the molecule is CC1CC(C)CC(Nc2ncc(N)cc2C(N)=O)C1. The number of nitrogens with one attached hydrogen (secondary N) is 1. The number of carbonyl (C=O) groups excluding carboxylic acids is 1. The van der Waals surface area contributed by atoms with Crippen LogP contribution in [0.3, 0.4) is 0 Å². The van der Waals surface area contributed by atoms with Crippen LogP contribution in [0.15, 0.2) is 12.3 Å². The fourth-order valence-corrected chi connectivity index (χ4v) is 3.04. The molecule has 0 radical (unpaired) electrons. The predicted molar refractivity (Wildman–Crippen MR) is 76.8 cm³/mol. The van der Waals surface area contributed by atoms with E-state index in [1.54, 1.807) is 12.3 Å². The molecule has 0 aromatic carbocycles. The largest absolute Gasteiger partial charge is 0.397 e. The summed E-state index contributed by atoms with van der Waals surface area (Å²) in [7, 11) is 0. The molecule has 19 heavy (non-hydrogen) atoms. The summed E-state index contributed by atoms with van der Waals surface area (Å²) in [6.07, 6.45) is 4.99. The lowest BCUT2D eigenvalue weighted by Gasteiger charge is -2.32. The highest BCUT2D eigenvalue weighted by atomic mass is 16.1. The van der Waals surface area contributed by atoms with Crippen molar-refractivity contribution in [2.24, 2.45) is 17.6 Å². The van der Waals surface area contributed by atoms with Crippen molar-refractivity contribution < 1.29 is 4.79 Å². The average molecular weight is 262 g/mol. The van der Waals surface area contributed by atoms with Gasteiger partial charge < -0.3 is 16.8 Å². The van der Waals surface area contributed by atoms with Gasteiger partial charge in [-0.3, -0.25) is 4.79 Å². The number of aromatic nitrogens is 1. The van der Waals surface area contributed by atoms with Crippen LogP contribution >= 0.6 is 0 Å². The van der Waals surface area contributed by atoms with Crippen LogP contribution in [0.5, 0.6) is 0 Å². The molecule has 1 aliphatic rings. The molecule has 5 N–H and O–H groups in total. The van der Waals surface area contributed by atoms with Crippen LogP contribution in [0.1, 0.15) is 43.5 Å². The highest BCUT2D eigenvalue weighted by Crippen LogP contribution is 2.30. The molecule has 1 saturated carbocycles. The number of carbonyl (C=O) groups is 1. The van der Waals surface area contributed by atoms with Crippen LogP contribution < -0.4 is 16.8 Å². The maximum absolute atomic E-state index is 11.4. The van der Waals surface area contributed by atoms with E-state index in [9.17, 15) is 4.79 Å². The molecule has 0 aliphatic heterocycles. The number of rotatable bonds is 3. The van der Waals surface area contributed by atoms with Gasteiger partial charge in [-0.15, -0.1) is 0 Å². The Kier molecular flexibility index (Phi) is 3.93. The first-order chi connectivity index (χ1) is 8.95. The van der Waals surface area contributed by atoms with Crippen molar-refractivity contribution >= 4 is 17.4 Å². The fourth-order valence-electron chi connectivity index (χ4n) is 3.04. The van der Waals surface area contributed by atoms with Crippen LogP contribution in [0.2, 0.25) is 0 Å². The molecule has 1 fully saturated rings. The Balaban J connectivity index is 2.16. The number of amides is 1. The first kappa shape index (κ1) is 13.6. The normalized spacial score (nSPS) is 26.9. The van der Waals surface area contributed by atoms with Gasteiger partial charge in [-0.2, -0.15) is 0 Å². The van der Waals surface area contributed by atoms with Gasteiger partial charge in [0.15, 0.2) is 0 Å². The third-order valence-electron chi connectivity index (χ3n) is 3.69. The maximum atomic E-state index is 11.4. The zero-order valence-corrected chi connectivity index (χ0v) is 11.5. The highest BCUT2D eigenvalue weighted by Gasteiger charge is 2.25. The number of nitrogen functional groups attached to an aromatic ring is 1. The van der Waals surface area contributed by atoms with Crippen LogP contribution in [-0.4, -0.2) is 16.9 Å². The van der Waals surface area contributed by atoms with E-state index in [4.69, 9.17) is 11.5 Å². The molecule has 2 rings (SSSR count). The predicted octanol–water partition coefficient (Wildman–Crippen LogP) is 2.00. The lowest BCUT2D eigenvalue weighted by molar-refractivity contribution is 0.100. The number of nitrogens with two attached hydrogens (primary N) is 2. The lowest BCUT2D eigenvalue weighted by Crippen LogP contribution is -2.31. The number of anilines is 2. The standard InChI is InChI=1S/C14H22N4O/c1-8-3-9(2)5-11(4-8)18-14-12(13(16)19)6-10(15)7-17-14/h6-9,11H,3-5,15H2,1-2H3,(H2,16,19)(H,17,18). The summed E-state index contributed by atoms with van der Waals surface area (Å²) in [4.78, 5) is 15.6. The third-order valence-corrected chi connectivity index (χ3v) is 3.69. The molecule has 1 aromatic rings. The molecular formula is C14H22N4O. The van der Waals surface area contributed by atoms with Gasteiger partial charge in [0, 0.05) is 6.04 Å². The van der Waals surface area contributed by atoms with Gasteiger partial charge in [0.25, 0.3) is 5.91 Å². The van der Waals surface area contributed by atoms with E-state index in [0.29, 0.717) is 34.9 Å². The summed E-state index contributed by atoms with van der Waals surface area (Å²) >= 11 is 0. The molecule has 1 aliphatic carbocycles. The Bertz CT molecular complexity index is 465. The minimum Gasteiger partial charge on any atom is -0.397 e. The van der Waals surface area contributed by atoms with E-state index >= 15 is 0 Å². The smallest absolute Gasteiger partial charge is 0.252 e. The van der Waals surface area contributed by atoms with E-state index in [1.165, 1.54) is 6.42 Å². The lowest BCUT2D eigenvalue weighted by atomic mass is 9.80. The highest BCUT2D eigenvalue weighted by molar-refractivity contribution is 5.98. The molecule has 1 amide bonds. The quantitative estimate of drug-likeness (QED) is 0.776. The molecule has 2 atom stereocenters. The molecule has 0 spiro atoms. The minimum absolute atomic E-state index is 0.341. The van der Waals surface area contributed by atoms with Crippen molar-refractivity contribution in [1.82, 2.24) is 4.98 Å². The van der Waals surface area contributed by atoms with Crippen LogP contribution in [0.4, 0.5) is 11.5 Å². The van der Waals surface area contributed by atoms with Crippen LogP contribution in [0.25, 0.3) is 0 Å². The molecule has 0 bridgehead atoms. The summed E-state index contributed by atoms with van der Waals surface area (Å²) in [5, 5.41) is 3.35. The Hall–Kier alpha value is -1.78. The third kappa shape index (κ3) is 3.36. The second-order valence-electron chi connectivity index (χ2n) is 5.79. The van der Waals surface area contributed by atoms with Crippen molar-refractivity contribution in [3.05, 3.63) is 17.8 Å². The number of primary amides is 1. The summed E-state index contributed by atoms with van der Waals surface area (Å²) in [6.45, 7) is 4.52. The van der Waals surface area contributed by atoms with E-state index in [-0.39, 0.29) is 0 Å². The summed E-state index contributed by atoms with van der Waals surface area (Å²) in [5.74, 6) is 1.42.